The third-order valence-corrected chi connectivity index (χ3v) is 4.21. The summed E-state index contributed by atoms with van der Waals surface area (Å²) >= 11 is 1.72. The second-order valence-corrected chi connectivity index (χ2v) is 6.38. The fourth-order valence-electron chi connectivity index (χ4n) is 2.25. The Morgan fingerprint density at radius 2 is 1.88 bits per heavy atom. The molecule has 5 heteroatoms. The minimum absolute atomic E-state index is 0.0547. The van der Waals surface area contributed by atoms with Gasteiger partial charge in [0.25, 0.3) is 5.91 Å². The standard InChI is InChI=1S/C19H22N2O2S/c1-4-18(22)20-16-9-8-13(2)17(11-16)21-19(23)15-7-5-6-14(10-15)12-24-3/h5-11H,4,12H2,1-3H3,(H,20,22)(H,21,23). The first-order valence-electron chi connectivity index (χ1n) is 7.83. The van der Waals surface area contributed by atoms with Crippen molar-refractivity contribution in [3.63, 3.8) is 0 Å². The third-order valence-electron chi connectivity index (χ3n) is 3.59. The lowest BCUT2D eigenvalue weighted by Crippen LogP contribution is -2.14. The quantitative estimate of drug-likeness (QED) is 0.815. The van der Waals surface area contributed by atoms with Crippen LogP contribution in [-0.2, 0) is 10.5 Å². The highest BCUT2D eigenvalue weighted by atomic mass is 32.2. The molecule has 0 aliphatic carbocycles. The lowest BCUT2D eigenvalue weighted by atomic mass is 10.1. The van der Waals surface area contributed by atoms with Gasteiger partial charge in [-0.25, -0.2) is 0 Å². The van der Waals surface area contributed by atoms with Crippen molar-refractivity contribution in [3.05, 3.63) is 59.2 Å². The van der Waals surface area contributed by atoms with Crippen molar-refractivity contribution in [1.29, 1.82) is 0 Å². The van der Waals surface area contributed by atoms with E-state index in [0.717, 1.165) is 16.9 Å². The molecule has 0 radical (unpaired) electrons. The van der Waals surface area contributed by atoms with Crippen LogP contribution in [0.5, 0.6) is 0 Å². The molecule has 24 heavy (non-hydrogen) atoms. The molecule has 126 valence electrons. The first kappa shape index (κ1) is 18.1. The van der Waals surface area contributed by atoms with E-state index in [1.807, 2.05) is 43.5 Å². The molecule has 4 nitrogen and oxygen atoms in total. The highest BCUT2D eigenvalue weighted by molar-refractivity contribution is 7.97. The second kappa shape index (κ2) is 8.55. The minimum Gasteiger partial charge on any atom is -0.326 e. The molecule has 0 aliphatic rings. The van der Waals surface area contributed by atoms with E-state index in [-0.39, 0.29) is 11.8 Å². The van der Waals surface area contributed by atoms with Crippen LogP contribution < -0.4 is 10.6 Å². The lowest BCUT2D eigenvalue weighted by Gasteiger charge is -2.12. The van der Waals surface area contributed by atoms with Crippen LogP contribution in [0.1, 0.15) is 34.8 Å². The Morgan fingerprint density at radius 1 is 1.08 bits per heavy atom. The first-order chi connectivity index (χ1) is 11.5. The van der Waals surface area contributed by atoms with Crippen LogP contribution in [0.3, 0.4) is 0 Å². The maximum atomic E-state index is 12.5. The highest BCUT2D eigenvalue weighted by Crippen LogP contribution is 2.21. The van der Waals surface area contributed by atoms with Gasteiger partial charge in [-0.2, -0.15) is 11.8 Å². The van der Waals surface area contributed by atoms with Gasteiger partial charge in [0.2, 0.25) is 5.91 Å². The summed E-state index contributed by atoms with van der Waals surface area (Å²) in [4.78, 5) is 24.0. The van der Waals surface area contributed by atoms with Crippen LogP contribution in [0.25, 0.3) is 0 Å². The van der Waals surface area contributed by atoms with E-state index >= 15 is 0 Å². The summed E-state index contributed by atoms with van der Waals surface area (Å²) in [6.45, 7) is 3.72. The Hall–Kier alpha value is -2.27. The van der Waals surface area contributed by atoms with Gasteiger partial charge in [-0.15, -0.1) is 0 Å². The van der Waals surface area contributed by atoms with E-state index < -0.39 is 0 Å². The number of amides is 2. The van der Waals surface area contributed by atoms with Gasteiger partial charge in [0.1, 0.15) is 0 Å². The van der Waals surface area contributed by atoms with Crippen molar-refractivity contribution in [3.8, 4) is 0 Å². The molecule has 0 unspecified atom stereocenters. The van der Waals surface area contributed by atoms with Gasteiger partial charge >= 0.3 is 0 Å². The predicted octanol–water partition coefficient (Wildman–Crippen LogP) is 4.46. The van der Waals surface area contributed by atoms with Gasteiger partial charge in [-0.05, 0) is 48.6 Å². The smallest absolute Gasteiger partial charge is 0.255 e. The average molecular weight is 342 g/mol. The number of aryl methyl sites for hydroxylation is 1. The molecule has 0 spiro atoms. The van der Waals surface area contributed by atoms with Crippen molar-refractivity contribution in [2.45, 2.75) is 26.0 Å². The molecule has 0 aliphatic heterocycles. The van der Waals surface area contributed by atoms with Crippen LogP contribution in [0.4, 0.5) is 11.4 Å². The SMILES string of the molecule is CCC(=O)Nc1ccc(C)c(NC(=O)c2cccc(CSC)c2)c1. The van der Waals surface area contributed by atoms with E-state index in [4.69, 9.17) is 0 Å². The Morgan fingerprint density at radius 3 is 2.58 bits per heavy atom. The summed E-state index contributed by atoms with van der Waals surface area (Å²) in [6.07, 6.45) is 2.45. The Bertz CT molecular complexity index is 744. The van der Waals surface area contributed by atoms with Crippen molar-refractivity contribution < 1.29 is 9.59 Å². The fraction of sp³-hybridized carbons (Fsp3) is 0.263. The van der Waals surface area contributed by atoms with Gasteiger partial charge in [0.05, 0.1) is 0 Å². The molecule has 2 amide bonds. The molecule has 0 saturated heterocycles. The Labute approximate surface area is 147 Å². The predicted molar refractivity (Wildman–Crippen MR) is 102 cm³/mol. The van der Waals surface area contributed by atoms with E-state index in [1.165, 1.54) is 0 Å². The van der Waals surface area contributed by atoms with E-state index in [1.54, 1.807) is 30.8 Å². The minimum atomic E-state index is -0.153. The first-order valence-corrected chi connectivity index (χ1v) is 9.22. The molecular weight excluding hydrogens is 320 g/mol. The van der Waals surface area contributed by atoms with Crippen LogP contribution in [0, 0.1) is 6.92 Å². The van der Waals surface area contributed by atoms with Gasteiger partial charge in [-0.3, -0.25) is 9.59 Å². The van der Waals surface area contributed by atoms with Crippen LogP contribution in [-0.4, -0.2) is 18.1 Å². The third kappa shape index (κ3) is 4.86. The van der Waals surface area contributed by atoms with Crippen LogP contribution >= 0.6 is 11.8 Å². The summed E-state index contributed by atoms with van der Waals surface area (Å²) in [5.41, 5.74) is 4.07. The Balaban J connectivity index is 2.17. The summed E-state index contributed by atoms with van der Waals surface area (Å²) in [6, 6.07) is 13.1. The monoisotopic (exact) mass is 342 g/mol. The van der Waals surface area contributed by atoms with E-state index in [2.05, 4.69) is 10.6 Å². The maximum absolute atomic E-state index is 12.5. The summed E-state index contributed by atoms with van der Waals surface area (Å²) in [7, 11) is 0. The Kier molecular flexibility index (Phi) is 6.44. The zero-order valence-corrected chi connectivity index (χ0v) is 15.0. The zero-order chi connectivity index (χ0) is 17.5. The number of hydrogen-bond donors (Lipinski definition) is 2. The number of carbonyl (C=O) groups excluding carboxylic acids is 2. The average Bonchev–Trinajstić information content (AvgIpc) is 2.58. The van der Waals surface area contributed by atoms with Crippen LogP contribution in [0.15, 0.2) is 42.5 Å². The molecule has 0 bridgehead atoms. The number of nitrogens with one attached hydrogen (secondary N) is 2. The van der Waals surface area contributed by atoms with Gasteiger partial charge < -0.3 is 10.6 Å². The second-order valence-electron chi connectivity index (χ2n) is 5.52. The molecule has 0 saturated carbocycles. The molecule has 0 fully saturated rings. The van der Waals surface area contributed by atoms with Crippen LogP contribution in [0.2, 0.25) is 0 Å². The normalized spacial score (nSPS) is 10.3. The van der Waals surface area contributed by atoms with Gasteiger partial charge in [0, 0.05) is 29.1 Å². The number of rotatable bonds is 6. The van der Waals surface area contributed by atoms with E-state index in [0.29, 0.717) is 23.4 Å². The van der Waals surface area contributed by atoms with Gasteiger partial charge in [0.15, 0.2) is 0 Å². The molecule has 0 heterocycles. The summed E-state index contributed by atoms with van der Waals surface area (Å²) in [5.74, 6) is 0.666. The topological polar surface area (TPSA) is 58.2 Å². The highest BCUT2D eigenvalue weighted by Gasteiger charge is 2.10. The van der Waals surface area contributed by atoms with Crippen molar-refractivity contribution in [2.24, 2.45) is 0 Å². The number of anilines is 2. The summed E-state index contributed by atoms with van der Waals surface area (Å²) < 4.78 is 0. The van der Waals surface area contributed by atoms with E-state index in [9.17, 15) is 9.59 Å². The lowest BCUT2D eigenvalue weighted by molar-refractivity contribution is -0.115. The molecule has 2 aromatic carbocycles. The molecule has 0 atom stereocenters. The molecule has 2 rings (SSSR count). The van der Waals surface area contributed by atoms with Crippen molar-refractivity contribution >= 4 is 35.0 Å². The molecular formula is C19H22N2O2S. The largest absolute Gasteiger partial charge is 0.326 e. The zero-order valence-electron chi connectivity index (χ0n) is 14.2. The molecule has 2 aromatic rings. The number of carbonyl (C=O) groups is 2. The molecule has 2 N–H and O–H groups in total. The fourth-order valence-corrected chi connectivity index (χ4v) is 2.76. The van der Waals surface area contributed by atoms with Gasteiger partial charge in [-0.1, -0.05) is 25.1 Å². The molecule has 0 aromatic heterocycles. The maximum Gasteiger partial charge on any atom is 0.255 e. The van der Waals surface area contributed by atoms with Crippen molar-refractivity contribution in [2.75, 3.05) is 16.9 Å². The number of thioether (sulfide) groups is 1. The number of hydrogen-bond acceptors (Lipinski definition) is 3. The number of benzene rings is 2. The summed E-state index contributed by atoms with van der Waals surface area (Å²) in [5, 5.41) is 5.74. The van der Waals surface area contributed by atoms with Crippen molar-refractivity contribution in [1.82, 2.24) is 0 Å².